The van der Waals surface area contributed by atoms with Gasteiger partial charge >= 0.3 is 0 Å². The Labute approximate surface area is 125 Å². The summed E-state index contributed by atoms with van der Waals surface area (Å²) in [6, 6.07) is 13.1. The van der Waals surface area contributed by atoms with E-state index in [4.69, 9.17) is 4.74 Å². The molecular weight excluding hydrogens is 296 g/mol. The highest BCUT2D eigenvalue weighted by Gasteiger charge is 2.13. The number of benzene rings is 2. The molecule has 2 aromatic rings. The van der Waals surface area contributed by atoms with Gasteiger partial charge in [-0.1, -0.05) is 30.0 Å². The zero-order chi connectivity index (χ0) is 15.2. The number of amides is 1. The Balaban J connectivity index is 2.19. The summed E-state index contributed by atoms with van der Waals surface area (Å²) in [5.74, 6) is -2.37. The maximum atomic E-state index is 12.5. The van der Waals surface area contributed by atoms with Crippen LogP contribution in [-0.2, 0) is 0 Å². The van der Waals surface area contributed by atoms with Crippen molar-refractivity contribution in [2.24, 2.45) is 0 Å². The Hall–Kier alpha value is -2.08. The number of anilines is 1. The number of hydrogen-bond donors (Lipinski definition) is 1. The van der Waals surface area contributed by atoms with Crippen LogP contribution in [0.3, 0.4) is 0 Å². The van der Waals surface area contributed by atoms with Gasteiger partial charge in [-0.15, -0.1) is 0 Å². The number of thioether (sulfide) groups is 1. The molecule has 2 rings (SSSR count). The lowest BCUT2D eigenvalue weighted by Crippen LogP contribution is -2.12. The predicted octanol–water partition coefficient (Wildman–Crippen LogP) is 4.26. The van der Waals surface area contributed by atoms with Gasteiger partial charge in [0, 0.05) is 10.5 Å². The summed E-state index contributed by atoms with van der Waals surface area (Å²) in [6.07, 6.45) is 0. The third kappa shape index (κ3) is 4.19. The third-order valence-electron chi connectivity index (χ3n) is 2.68. The van der Waals surface area contributed by atoms with Gasteiger partial charge in [-0.3, -0.25) is 4.79 Å². The molecule has 0 saturated heterocycles. The Bertz CT molecular complexity index is 635. The second kappa shape index (κ2) is 7.08. The fourth-order valence-corrected chi connectivity index (χ4v) is 2.32. The first-order valence-corrected chi connectivity index (χ1v) is 6.97. The number of carbonyl (C=O) groups is 1. The average Bonchev–Trinajstić information content (AvgIpc) is 2.48. The Morgan fingerprint density at radius 1 is 1.19 bits per heavy atom. The summed E-state index contributed by atoms with van der Waals surface area (Å²) in [5, 5.41) is 2.63. The lowest BCUT2D eigenvalue weighted by atomic mass is 10.2. The van der Waals surface area contributed by atoms with Gasteiger partial charge in [0.05, 0.1) is 12.8 Å². The fourth-order valence-electron chi connectivity index (χ4n) is 1.73. The molecule has 0 aliphatic rings. The van der Waals surface area contributed by atoms with E-state index in [2.05, 4.69) is 5.32 Å². The van der Waals surface area contributed by atoms with Crippen molar-refractivity contribution in [1.29, 1.82) is 0 Å². The molecule has 0 unspecified atom stereocenters. The van der Waals surface area contributed by atoms with Crippen molar-refractivity contribution < 1.29 is 18.3 Å². The monoisotopic (exact) mass is 309 g/mol. The zero-order valence-electron chi connectivity index (χ0n) is 11.2. The minimum absolute atomic E-state index is 0.323. The van der Waals surface area contributed by atoms with Gasteiger partial charge in [-0.25, -0.2) is 0 Å². The van der Waals surface area contributed by atoms with Crippen molar-refractivity contribution >= 4 is 23.4 Å². The number of halogens is 2. The number of alkyl halides is 2. The molecule has 0 aliphatic carbocycles. The molecule has 1 amide bonds. The third-order valence-corrected chi connectivity index (χ3v) is 3.47. The molecule has 0 fully saturated rings. The minimum Gasteiger partial charge on any atom is -0.497 e. The summed E-state index contributed by atoms with van der Waals surface area (Å²) in [7, 11) is 1.51. The number of carbonyl (C=O) groups excluding carboxylic acids is 1. The van der Waals surface area contributed by atoms with Crippen LogP contribution in [0.2, 0.25) is 0 Å². The van der Waals surface area contributed by atoms with E-state index in [0.717, 1.165) is 0 Å². The largest absolute Gasteiger partial charge is 0.497 e. The maximum absolute atomic E-state index is 12.5. The second-order valence-corrected chi connectivity index (χ2v) is 5.09. The highest BCUT2D eigenvalue weighted by atomic mass is 32.2. The zero-order valence-corrected chi connectivity index (χ0v) is 12.0. The van der Waals surface area contributed by atoms with Crippen molar-refractivity contribution in [2.75, 3.05) is 12.4 Å². The Kier molecular flexibility index (Phi) is 5.16. The summed E-state index contributed by atoms with van der Waals surface area (Å²) >= 11 is 0.397. The maximum Gasteiger partial charge on any atom is 0.288 e. The van der Waals surface area contributed by atoms with Crippen LogP contribution in [0.4, 0.5) is 14.5 Å². The molecule has 2 aromatic carbocycles. The van der Waals surface area contributed by atoms with Gasteiger partial charge in [-0.2, -0.15) is 8.78 Å². The number of ether oxygens (including phenoxy) is 1. The number of methoxy groups -OCH3 is 1. The number of para-hydroxylation sites is 1. The van der Waals surface area contributed by atoms with Crippen LogP contribution in [0.1, 0.15) is 10.4 Å². The second-order valence-electron chi connectivity index (χ2n) is 4.06. The summed E-state index contributed by atoms with van der Waals surface area (Å²) in [6.45, 7) is 0. The predicted molar refractivity (Wildman–Crippen MR) is 79.3 cm³/mol. The van der Waals surface area contributed by atoms with E-state index in [1.54, 1.807) is 42.5 Å². The van der Waals surface area contributed by atoms with Crippen LogP contribution in [0, 0.1) is 0 Å². The molecule has 0 bridgehead atoms. The van der Waals surface area contributed by atoms with Crippen LogP contribution in [0.25, 0.3) is 0 Å². The van der Waals surface area contributed by atoms with E-state index >= 15 is 0 Å². The highest BCUT2D eigenvalue weighted by Crippen LogP contribution is 2.31. The summed E-state index contributed by atoms with van der Waals surface area (Å²) in [4.78, 5) is 12.5. The Morgan fingerprint density at radius 3 is 2.67 bits per heavy atom. The first kappa shape index (κ1) is 15.3. The molecular formula is C15H13F2NO2S. The van der Waals surface area contributed by atoms with Crippen LogP contribution in [0.15, 0.2) is 53.4 Å². The van der Waals surface area contributed by atoms with Gasteiger partial charge in [0.1, 0.15) is 5.75 Å². The molecule has 110 valence electrons. The van der Waals surface area contributed by atoms with Crippen LogP contribution in [0.5, 0.6) is 5.75 Å². The molecule has 0 aromatic heterocycles. The van der Waals surface area contributed by atoms with Crippen LogP contribution < -0.4 is 10.1 Å². The van der Waals surface area contributed by atoms with Gasteiger partial charge in [-0.05, 0) is 30.3 Å². The lowest BCUT2D eigenvalue weighted by Gasteiger charge is -2.10. The molecule has 0 aliphatic heterocycles. The molecule has 0 radical (unpaired) electrons. The molecule has 6 heteroatoms. The van der Waals surface area contributed by atoms with Crippen molar-refractivity contribution in [1.82, 2.24) is 0 Å². The van der Waals surface area contributed by atoms with Crippen LogP contribution in [-0.4, -0.2) is 18.8 Å². The molecule has 21 heavy (non-hydrogen) atoms. The van der Waals surface area contributed by atoms with E-state index in [0.29, 0.717) is 33.7 Å². The van der Waals surface area contributed by atoms with Gasteiger partial charge in [0.15, 0.2) is 0 Å². The quantitative estimate of drug-likeness (QED) is 0.839. The van der Waals surface area contributed by atoms with Crippen molar-refractivity contribution in [3.63, 3.8) is 0 Å². The minimum atomic E-state index is -2.54. The normalized spacial score (nSPS) is 10.5. The smallest absolute Gasteiger partial charge is 0.288 e. The molecule has 0 saturated carbocycles. The van der Waals surface area contributed by atoms with Crippen molar-refractivity contribution in [3.05, 3.63) is 54.1 Å². The highest BCUT2D eigenvalue weighted by molar-refractivity contribution is 7.99. The Morgan fingerprint density at radius 2 is 1.95 bits per heavy atom. The van der Waals surface area contributed by atoms with Crippen LogP contribution >= 0.6 is 11.8 Å². The first-order chi connectivity index (χ1) is 10.1. The molecule has 0 atom stereocenters. The lowest BCUT2D eigenvalue weighted by molar-refractivity contribution is 0.102. The van der Waals surface area contributed by atoms with E-state index in [1.165, 1.54) is 13.2 Å². The van der Waals surface area contributed by atoms with E-state index in [9.17, 15) is 13.6 Å². The standard InChI is InChI=1S/C15H13F2NO2S/c1-20-11-6-4-5-10(9-11)14(19)18-12-7-2-3-8-13(12)21-15(16)17/h2-9,15H,1H3,(H,18,19). The van der Waals surface area contributed by atoms with Gasteiger partial charge in [0.25, 0.3) is 11.7 Å². The molecule has 3 nitrogen and oxygen atoms in total. The fraction of sp³-hybridized carbons (Fsp3) is 0.133. The topological polar surface area (TPSA) is 38.3 Å². The van der Waals surface area contributed by atoms with E-state index in [-0.39, 0.29) is 5.91 Å². The van der Waals surface area contributed by atoms with Crippen molar-refractivity contribution in [2.45, 2.75) is 10.7 Å². The van der Waals surface area contributed by atoms with Gasteiger partial charge < -0.3 is 10.1 Å². The van der Waals surface area contributed by atoms with Crippen molar-refractivity contribution in [3.8, 4) is 5.75 Å². The van der Waals surface area contributed by atoms with E-state index in [1.807, 2.05) is 0 Å². The average molecular weight is 309 g/mol. The van der Waals surface area contributed by atoms with Gasteiger partial charge in [0.2, 0.25) is 0 Å². The number of hydrogen-bond acceptors (Lipinski definition) is 3. The molecule has 1 N–H and O–H groups in total. The molecule has 0 spiro atoms. The summed E-state index contributed by atoms with van der Waals surface area (Å²) < 4.78 is 30.0. The first-order valence-electron chi connectivity index (χ1n) is 6.09. The molecule has 0 heterocycles. The summed E-state index contributed by atoms with van der Waals surface area (Å²) in [5.41, 5.74) is 0.752. The number of rotatable bonds is 5. The SMILES string of the molecule is COc1cccc(C(=O)Nc2ccccc2SC(F)F)c1. The van der Waals surface area contributed by atoms with E-state index < -0.39 is 5.76 Å². The number of nitrogens with one attached hydrogen (secondary N) is 1.